The molecule has 0 bridgehead atoms. The van der Waals surface area contributed by atoms with Crippen LogP contribution < -0.4 is 5.32 Å². The summed E-state index contributed by atoms with van der Waals surface area (Å²) in [6.07, 6.45) is 4.80. The van der Waals surface area contributed by atoms with E-state index in [4.69, 9.17) is 0 Å². The summed E-state index contributed by atoms with van der Waals surface area (Å²) >= 11 is 0. The molecule has 5 rings (SSSR count). The van der Waals surface area contributed by atoms with Gasteiger partial charge >= 0.3 is 0 Å². The quantitative estimate of drug-likeness (QED) is 0.494. The minimum Gasteiger partial charge on any atom is -0.393 e. The molecular weight excluding hydrogens is 375 g/mol. The summed E-state index contributed by atoms with van der Waals surface area (Å²) in [5.74, 6) is -0.593. The van der Waals surface area contributed by atoms with E-state index in [1.807, 2.05) is 0 Å². The molecule has 1 aliphatic carbocycles. The average molecular weight is 394 g/mol. The molecule has 0 aliphatic heterocycles. The van der Waals surface area contributed by atoms with E-state index >= 15 is 0 Å². The number of fused-ring (bicyclic) bond motifs is 2. The smallest absolute Gasteiger partial charge is 0.255 e. The van der Waals surface area contributed by atoms with Crippen molar-refractivity contribution in [3.8, 4) is 11.4 Å². The SMILES string of the molecule is Cn1nc(-c2cnc3[nH]cc(C(=O)N[C@@H]4CC[C@H](O)C4)c3n2)c2ccc(F)cc21. The molecule has 29 heavy (non-hydrogen) atoms. The highest BCUT2D eigenvalue weighted by Gasteiger charge is 2.26. The van der Waals surface area contributed by atoms with Crippen molar-refractivity contribution >= 4 is 28.0 Å². The zero-order valence-electron chi connectivity index (χ0n) is 15.7. The number of hydrogen-bond acceptors (Lipinski definition) is 5. The Morgan fingerprint density at radius 3 is 3.03 bits per heavy atom. The van der Waals surface area contributed by atoms with Crippen LogP contribution >= 0.6 is 0 Å². The number of aromatic nitrogens is 5. The number of aryl methyl sites for hydroxylation is 1. The second-order valence-corrected chi connectivity index (χ2v) is 7.43. The lowest BCUT2D eigenvalue weighted by Gasteiger charge is -2.11. The lowest BCUT2D eigenvalue weighted by molar-refractivity contribution is 0.0935. The predicted molar refractivity (Wildman–Crippen MR) is 105 cm³/mol. The van der Waals surface area contributed by atoms with E-state index in [1.165, 1.54) is 12.1 Å². The van der Waals surface area contributed by atoms with E-state index in [-0.39, 0.29) is 23.9 Å². The van der Waals surface area contributed by atoms with Crippen LogP contribution in [-0.4, -0.2) is 47.9 Å². The molecule has 3 N–H and O–H groups in total. The van der Waals surface area contributed by atoms with Crippen molar-refractivity contribution in [3.05, 3.63) is 42.0 Å². The zero-order valence-corrected chi connectivity index (χ0v) is 15.7. The highest BCUT2D eigenvalue weighted by molar-refractivity contribution is 6.05. The number of halogens is 1. The van der Waals surface area contributed by atoms with Gasteiger partial charge < -0.3 is 15.4 Å². The molecular formula is C20H19FN6O2. The van der Waals surface area contributed by atoms with Crippen molar-refractivity contribution in [1.82, 2.24) is 30.0 Å². The van der Waals surface area contributed by atoms with Gasteiger partial charge in [0.05, 0.1) is 23.4 Å². The highest BCUT2D eigenvalue weighted by Crippen LogP contribution is 2.28. The van der Waals surface area contributed by atoms with Gasteiger partial charge in [0.1, 0.15) is 22.7 Å². The maximum atomic E-state index is 13.6. The molecule has 1 amide bonds. The molecule has 4 aromatic rings. The number of carbonyl (C=O) groups is 1. The van der Waals surface area contributed by atoms with Gasteiger partial charge in [-0.2, -0.15) is 5.10 Å². The van der Waals surface area contributed by atoms with Crippen molar-refractivity contribution in [2.75, 3.05) is 0 Å². The maximum Gasteiger partial charge on any atom is 0.255 e. The van der Waals surface area contributed by atoms with Gasteiger partial charge in [-0.1, -0.05) is 0 Å². The van der Waals surface area contributed by atoms with Crippen molar-refractivity contribution in [2.45, 2.75) is 31.4 Å². The second-order valence-electron chi connectivity index (χ2n) is 7.43. The molecule has 3 aromatic heterocycles. The summed E-state index contributed by atoms with van der Waals surface area (Å²) < 4.78 is 15.2. The molecule has 1 fully saturated rings. The summed E-state index contributed by atoms with van der Waals surface area (Å²) in [5.41, 5.74) is 3.05. The van der Waals surface area contributed by atoms with E-state index in [9.17, 15) is 14.3 Å². The Balaban J connectivity index is 1.54. The molecule has 0 spiro atoms. The summed E-state index contributed by atoms with van der Waals surface area (Å²) in [7, 11) is 1.74. The number of aliphatic hydroxyl groups is 1. The monoisotopic (exact) mass is 394 g/mol. The van der Waals surface area contributed by atoms with Gasteiger partial charge in [-0.3, -0.25) is 9.48 Å². The van der Waals surface area contributed by atoms with Crippen molar-refractivity contribution < 1.29 is 14.3 Å². The molecule has 148 valence electrons. The van der Waals surface area contributed by atoms with Gasteiger partial charge in [-0.05, 0) is 37.5 Å². The van der Waals surface area contributed by atoms with Crippen LogP contribution in [0.4, 0.5) is 4.39 Å². The normalized spacial score (nSPS) is 19.3. The van der Waals surface area contributed by atoms with Crippen LogP contribution in [0.5, 0.6) is 0 Å². The molecule has 3 heterocycles. The van der Waals surface area contributed by atoms with Crippen molar-refractivity contribution in [1.29, 1.82) is 0 Å². The number of nitrogens with zero attached hydrogens (tertiary/aromatic N) is 4. The Kier molecular flexibility index (Phi) is 4.06. The van der Waals surface area contributed by atoms with Crippen LogP contribution in [0.2, 0.25) is 0 Å². The van der Waals surface area contributed by atoms with Gasteiger partial charge in [0.15, 0.2) is 5.65 Å². The standard InChI is InChI=1S/C20H19FN6O2/c1-27-16-6-10(21)2-5-13(16)17(26-27)15-9-23-19-18(25-15)14(8-22-19)20(29)24-11-3-4-12(28)7-11/h2,5-6,8-9,11-12,28H,3-4,7H2,1H3,(H,22,23)(H,24,29)/t11-,12+/m1/s1. The topological polar surface area (TPSA) is 109 Å². The minimum absolute atomic E-state index is 0.0479. The number of aliphatic hydroxyl groups excluding tert-OH is 1. The van der Waals surface area contributed by atoms with Crippen LogP contribution in [0.25, 0.3) is 33.5 Å². The number of nitrogens with one attached hydrogen (secondary N) is 2. The molecule has 1 saturated carbocycles. The molecule has 0 radical (unpaired) electrons. The zero-order chi connectivity index (χ0) is 20.1. The summed E-state index contributed by atoms with van der Waals surface area (Å²) in [6, 6.07) is 4.41. The first-order chi connectivity index (χ1) is 14.0. The maximum absolute atomic E-state index is 13.6. The molecule has 8 nitrogen and oxygen atoms in total. The van der Waals surface area contributed by atoms with Gasteiger partial charge in [-0.15, -0.1) is 0 Å². The first kappa shape index (κ1) is 17.7. The third-order valence-corrected chi connectivity index (χ3v) is 5.42. The fourth-order valence-electron chi connectivity index (χ4n) is 3.95. The first-order valence-electron chi connectivity index (χ1n) is 9.45. The predicted octanol–water partition coefficient (Wildman–Crippen LogP) is 2.29. The molecule has 0 saturated heterocycles. The van der Waals surface area contributed by atoms with E-state index in [0.29, 0.717) is 46.5 Å². The number of aromatic amines is 1. The second kappa shape index (κ2) is 6.63. The number of amides is 1. The van der Waals surface area contributed by atoms with Gasteiger partial charge in [0.2, 0.25) is 0 Å². The van der Waals surface area contributed by atoms with E-state index < -0.39 is 0 Å². The molecule has 0 unspecified atom stereocenters. The minimum atomic E-state index is -0.364. The third kappa shape index (κ3) is 3.03. The Bertz CT molecular complexity index is 1250. The fourth-order valence-corrected chi connectivity index (χ4v) is 3.95. The lowest BCUT2D eigenvalue weighted by Crippen LogP contribution is -2.33. The third-order valence-electron chi connectivity index (χ3n) is 5.42. The number of carbonyl (C=O) groups excluding carboxylic acids is 1. The summed E-state index contributed by atoms with van der Waals surface area (Å²) in [5, 5.41) is 17.8. The van der Waals surface area contributed by atoms with Crippen LogP contribution in [0.3, 0.4) is 0 Å². The van der Waals surface area contributed by atoms with Gasteiger partial charge in [0.25, 0.3) is 5.91 Å². The summed E-state index contributed by atoms with van der Waals surface area (Å²) in [4.78, 5) is 24.7. The molecule has 1 aromatic carbocycles. The van der Waals surface area contributed by atoms with Gasteiger partial charge in [-0.25, -0.2) is 14.4 Å². The lowest BCUT2D eigenvalue weighted by atomic mass is 10.1. The van der Waals surface area contributed by atoms with Crippen LogP contribution in [0.15, 0.2) is 30.6 Å². The number of hydrogen-bond donors (Lipinski definition) is 3. The van der Waals surface area contributed by atoms with E-state index in [1.54, 1.807) is 30.2 Å². The van der Waals surface area contributed by atoms with Crippen LogP contribution in [0.1, 0.15) is 29.6 Å². The van der Waals surface area contributed by atoms with E-state index in [2.05, 4.69) is 25.4 Å². The Morgan fingerprint density at radius 2 is 2.24 bits per heavy atom. The Morgan fingerprint density at radius 1 is 1.38 bits per heavy atom. The van der Waals surface area contributed by atoms with E-state index in [0.717, 1.165) is 11.8 Å². The van der Waals surface area contributed by atoms with Crippen molar-refractivity contribution in [3.63, 3.8) is 0 Å². The highest BCUT2D eigenvalue weighted by atomic mass is 19.1. The summed E-state index contributed by atoms with van der Waals surface area (Å²) in [6.45, 7) is 0. The van der Waals surface area contributed by atoms with Gasteiger partial charge in [0, 0.05) is 24.7 Å². The van der Waals surface area contributed by atoms with Crippen LogP contribution in [0, 0.1) is 5.82 Å². The molecule has 1 aliphatic rings. The molecule has 2 atom stereocenters. The number of rotatable bonds is 3. The first-order valence-corrected chi connectivity index (χ1v) is 9.45. The average Bonchev–Trinajstić information content (AvgIpc) is 3.39. The Labute approximate surface area is 164 Å². The largest absolute Gasteiger partial charge is 0.393 e. The van der Waals surface area contributed by atoms with Crippen molar-refractivity contribution in [2.24, 2.45) is 7.05 Å². The molecule has 9 heteroatoms. The Hall–Kier alpha value is -3.33. The fraction of sp³-hybridized carbons (Fsp3) is 0.300. The number of benzene rings is 1. The number of H-pyrrole nitrogens is 1. The van der Waals surface area contributed by atoms with Crippen LogP contribution in [-0.2, 0) is 7.05 Å².